The highest BCUT2D eigenvalue weighted by Crippen LogP contribution is 2.17. The Kier molecular flexibility index (Phi) is 15.8. The number of hydrazine groups is 2. The molecule has 0 saturated heterocycles. The van der Waals surface area contributed by atoms with Gasteiger partial charge in [0.25, 0.3) is 0 Å². The topological polar surface area (TPSA) is 175 Å². The second-order valence-electron chi connectivity index (χ2n) is 11.2. The van der Waals surface area contributed by atoms with E-state index in [1.807, 2.05) is 64.1 Å². The standard InChI is InChI=1S/C33H46N6O6/c1-22-12-14-26(24(3)20-22)34-28(40)16-18-32(44)38-36-30(42)10-8-6-5-7-9-11-31(43)37-39-33(45)19-17-29(41)35-27-15-13-23(2)21-25(27)4/h12-15,20-21H,5-11,16-19H2,1-4H3,(H,34,40)(H,35,41)(H,36,42)(H,37,43)(H,38,44)(H,39,45). The molecule has 0 aliphatic rings. The summed E-state index contributed by atoms with van der Waals surface area (Å²) in [5.41, 5.74) is 14.9. The molecule has 0 unspecified atom stereocenters. The number of hydrogen-bond acceptors (Lipinski definition) is 6. The smallest absolute Gasteiger partial charge is 0.238 e. The Hall–Kier alpha value is -4.74. The Balaban J connectivity index is 1.44. The molecule has 2 aromatic rings. The molecular formula is C33H46N6O6. The number of carbonyl (C=O) groups is 6. The van der Waals surface area contributed by atoms with Crippen molar-refractivity contribution >= 4 is 46.8 Å². The summed E-state index contributed by atoms with van der Waals surface area (Å²) in [7, 11) is 0. The van der Waals surface area contributed by atoms with E-state index in [9.17, 15) is 28.8 Å². The van der Waals surface area contributed by atoms with Gasteiger partial charge in [0.1, 0.15) is 0 Å². The fourth-order valence-electron chi connectivity index (χ4n) is 4.42. The van der Waals surface area contributed by atoms with Crippen LogP contribution in [0.4, 0.5) is 11.4 Å². The number of carbonyl (C=O) groups excluding carboxylic acids is 6. The molecule has 2 aromatic carbocycles. The molecule has 2 rings (SSSR count). The normalized spacial score (nSPS) is 10.4. The van der Waals surface area contributed by atoms with E-state index in [1.165, 1.54) is 0 Å². The zero-order valence-corrected chi connectivity index (χ0v) is 26.7. The number of rotatable bonds is 16. The van der Waals surface area contributed by atoms with Gasteiger partial charge >= 0.3 is 0 Å². The lowest BCUT2D eigenvalue weighted by Crippen LogP contribution is -2.41. The van der Waals surface area contributed by atoms with Gasteiger partial charge in [-0.05, 0) is 63.8 Å². The Morgan fingerprint density at radius 3 is 1.09 bits per heavy atom. The summed E-state index contributed by atoms with van der Waals surface area (Å²) in [6, 6.07) is 11.4. The first-order chi connectivity index (χ1) is 21.4. The van der Waals surface area contributed by atoms with Crippen molar-refractivity contribution in [2.24, 2.45) is 0 Å². The van der Waals surface area contributed by atoms with Crippen molar-refractivity contribution < 1.29 is 28.8 Å². The lowest BCUT2D eigenvalue weighted by atomic mass is 10.1. The van der Waals surface area contributed by atoms with Crippen molar-refractivity contribution in [2.45, 2.75) is 98.3 Å². The summed E-state index contributed by atoms with van der Waals surface area (Å²) >= 11 is 0. The van der Waals surface area contributed by atoms with Crippen molar-refractivity contribution in [2.75, 3.05) is 10.6 Å². The molecule has 0 atom stereocenters. The summed E-state index contributed by atoms with van der Waals surface area (Å²) in [6.07, 6.45) is 3.98. The van der Waals surface area contributed by atoms with E-state index < -0.39 is 11.8 Å². The van der Waals surface area contributed by atoms with Crippen LogP contribution < -0.4 is 32.3 Å². The predicted octanol–water partition coefficient (Wildman–Crippen LogP) is 4.08. The number of aryl methyl sites for hydroxylation is 4. The first-order valence-electron chi connectivity index (χ1n) is 15.3. The van der Waals surface area contributed by atoms with Crippen LogP contribution in [0, 0.1) is 27.7 Å². The van der Waals surface area contributed by atoms with Crippen LogP contribution in [0.25, 0.3) is 0 Å². The highest BCUT2D eigenvalue weighted by molar-refractivity contribution is 5.95. The maximum atomic E-state index is 12.1. The number of hydrogen-bond donors (Lipinski definition) is 6. The van der Waals surface area contributed by atoms with Gasteiger partial charge in [-0.1, -0.05) is 54.7 Å². The third-order valence-corrected chi connectivity index (χ3v) is 6.96. The van der Waals surface area contributed by atoms with Crippen LogP contribution >= 0.6 is 0 Å². The molecule has 0 spiro atoms. The average molecular weight is 623 g/mol. The molecule has 0 aromatic heterocycles. The zero-order valence-electron chi connectivity index (χ0n) is 26.7. The van der Waals surface area contributed by atoms with Crippen molar-refractivity contribution in [3.63, 3.8) is 0 Å². The molecule has 0 fully saturated rings. The van der Waals surface area contributed by atoms with Crippen LogP contribution in [0.1, 0.15) is 92.9 Å². The van der Waals surface area contributed by atoms with Crippen LogP contribution in [0.15, 0.2) is 36.4 Å². The molecule has 0 saturated carbocycles. The van der Waals surface area contributed by atoms with E-state index in [0.29, 0.717) is 24.2 Å². The van der Waals surface area contributed by atoms with E-state index in [4.69, 9.17) is 0 Å². The average Bonchev–Trinajstić information content (AvgIpc) is 2.99. The highest BCUT2D eigenvalue weighted by atomic mass is 16.2. The molecule has 0 radical (unpaired) electrons. The third-order valence-electron chi connectivity index (χ3n) is 6.96. The first kappa shape index (κ1) is 36.5. The SMILES string of the molecule is Cc1ccc(NC(=O)CCC(=O)NNC(=O)CCCCCCCC(=O)NNC(=O)CCC(=O)Nc2ccc(C)cc2C)c(C)c1. The van der Waals surface area contributed by atoms with Gasteiger partial charge in [-0.3, -0.25) is 50.5 Å². The molecule has 45 heavy (non-hydrogen) atoms. The Labute approximate surface area is 264 Å². The zero-order chi connectivity index (χ0) is 33.2. The van der Waals surface area contributed by atoms with Crippen molar-refractivity contribution in [3.8, 4) is 0 Å². The van der Waals surface area contributed by atoms with Gasteiger partial charge in [0.05, 0.1) is 0 Å². The molecule has 0 aliphatic heterocycles. The van der Waals surface area contributed by atoms with Crippen LogP contribution in [-0.2, 0) is 28.8 Å². The Bertz CT molecular complexity index is 1260. The number of anilines is 2. The molecule has 244 valence electrons. The molecule has 12 heteroatoms. The van der Waals surface area contributed by atoms with E-state index in [2.05, 4.69) is 32.3 Å². The minimum atomic E-state index is -0.452. The van der Waals surface area contributed by atoms with E-state index in [-0.39, 0.29) is 62.2 Å². The maximum absolute atomic E-state index is 12.1. The largest absolute Gasteiger partial charge is 0.326 e. The van der Waals surface area contributed by atoms with E-state index in [1.54, 1.807) is 0 Å². The molecule has 12 nitrogen and oxygen atoms in total. The first-order valence-corrected chi connectivity index (χ1v) is 15.3. The summed E-state index contributed by atoms with van der Waals surface area (Å²) in [4.78, 5) is 72.1. The molecule has 6 N–H and O–H groups in total. The molecule has 0 bridgehead atoms. The number of amides is 6. The van der Waals surface area contributed by atoms with Gasteiger partial charge in [-0.25, -0.2) is 0 Å². The van der Waals surface area contributed by atoms with Crippen LogP contribution in [-0.4, -0.2) is 35.4 Å². The van der Waals surface area contributed by atoms with Gasteiger partial charge in [0, 0.05) is 49.9 Å². The van der Waals surface area contributed by atoms with Crippen molar-refractivity contribution in [1.29, 1.82) is 0 Å². The number of benzene rings is 2. The molecule has 0 heterocycles. The summed E-state index contributed by atoms with van der Waals surface area (Å²) in [5, 5.41) is 5.57. The van der Waals surface area contributed by atoms with Crippen molar-refractivity contribution in [3.05, 3.63) is 58.7 Å². The fourth-order valence-corrected chi connectivity index (χ4v) is 4.42. The summed E-state index contributed by atoms with van der Waals surface area (Å²) in [5.74, 6) is -2.10. The number of unbranched alkanes of at least 4 members (excludes halogenated alkanes) is 4. The lowest BCUT2D eigenvalue weighted by molar-refractivity contribution is -0.129. The van der Waals surface area contributed by atoms with Gasteiger partial charge in [0.2, 0.25) is 35.4 Å². The quantitative estimate of drug-likeness (QED) is 0.121. The minimum absolute atomic E-state index is 0.00706. The van der Waals surface area contributed by atoms with Crippen LogP contribution in [0.5, 0.6) is 0 Å². The second kappa shape index (κ2) is 19.5. The highest BCUT2D eigenvalue weighted by Gasteiger charge is 2.11. The summed E-state index contributed by atoms with van der Waals surface area (Å²) < 4.78 is 0. The summed E-state index contributed by atoms with van der Waals surface area (Å²) in [6.45, 7) is 7.73. The van der Waals surface area contributed by atoms with Gasteiger partial charge in [-0.15, -0.1) is 0 Å². The van der Waals surface area contributed by atoms with Gasteiger partial charge in [-0.2, -0.15) is 0 Å². The van der Waals surface area contributed by atoms with Crippen molar-refractivity contribution in [1.82, 2.24) is 21.7 Å². The molecular weight excluding hydrogens is 576 g/mol. The lowest BCUT2D eigenvalue weighted by Gasteiger charge is -2.10. The maximum Gasteiger partial charge on any atom is 0.238 e. The Morgan fingerprint density at radius 2 is 0.733 bits per heavy atom. The van der Waals surface area contributed by atoms with Crippen LogP contribution in [0.2, 0.25) is 0 Å². The molecule has 0 aliphatic carbocycles. The minimum Gasteiger partial charge on any atom is -0.326 e. The van der Waals surface area contributed by atoms with Gasteiger partial charge < -0.3 is 10.6 Å². The van der Waals surface area contributed by atoms with E-state index in [0.717, 1.165) is 41.5 Å². The molecule has 6 amide bonds. The predicted molar refractivity (Wildman–Crippen MR) is 172 cm³/mol. The second-order valence-corrected chi connectivity index (χ2v) is 11.2. The third kappa shape index (κ3) is 15.5. The van der Waals surface area contributed by atoms with Gasteiger partial charge in [0.15, 0.2) is 0 Å². The fraction of sp³-hybridized carbons (Fsp3) is 0.455. The van der Waals surface area contributed by atoms with Crippen LogP contribution in [0.3, 0.4) is 0 Å². The van der Waals surface area contributed by atoms with E-state index >= 15 is 0 Å². The Morgan fingerprint density at radius 1 is 0.422 bits per heavy atom. The monoisotopic (exact) mass is 622 g/mol. The number of nitrogens with one attached hydrogen (secondary N) is 6.